The van der Waals surface area contributed by atoms with E-state index in [-0.39, 0.29) is 11.7 Å². The molecule has 1 aliphatic carbocycles. The maximum Gasteiger partial charge on any atom is 0.410 e. The molecule has 0 atom stereocenters. The molecule has 1 amide bonds. The van der Waals surface area contributed by atoms with Crippen LogP contribution < -0.4 is 5.32 Å². The van der Waals surface area contributed by atoms with Gasteiger partial charge in [-0.15, -0.1) is 0 Å². The van der Waals surface area contributed by atoms with E-state index < -0.39 is 0 Å². The van der Waals surface area contributed by atoms with Gasteiger partial charge >= 0.3 is 6.09 Å². The van der Waals surface area contributed by atoms with Gasteiger partial charge in [0, 0.05) is 19.1 Å². The number of carbonyl (C=O) groups excluding carboxylic acids is 1. The number of rotatable bonds is 6. The van der Waals surface area contributed by atoms with Crippen molar-refractivity contribution in [3.63, 3.8) is 0 Å². The number of likely N-dealkylation sites (tertiary alicyclic amines) is 1. The van der Waals surface area contributed by atoms with Crippen molar-refractivity contribution in [3.05, 3.63) is 42.0 Å². The molecule has 1 heterocycles. The Morgan fingerprint density at radius 2 is 1.89 bits per heavy atom. The maximum atomic E-state index is 11.7. The lowest BCUT2D eigenvalue weighted by Gasteiger charge is -2.39. The molecular weight excluding hydrogens is 336 g/mol. The number of carbonyl (C=O) groups is 1. The number of nitrogens with one attached hydrogen (secondary N) is 1. The Morgan fingerprint density at radius 1 is 1.22 bits per heavy atom. The van der Waals surface area contributed by atoms with Crippen molar-refractivity contribution in [2.75, 3.05) is 19.6 Å². The van der Waals surface area contributed by atoms with Crippen LogP contribution in [0.3, 0.4) is 0 Å². The summed E-state index contributed by atoms with van der Waals surface area (Å²) in [5.41, 5.74) is 0.903. The first-order valence-corrected chi connectivity index (χ1v) is 10.3. The van der Waals surface area contributed by atoms with Gasteiger partial charge in [-0.2, -0.15) is 0 Å². The fourth-order valence-electron chi connectivity index (χ4n) is 2.83. The topological polar surface area (TPSA) is 41.6 Å². The normalized spacial score (nSPS) is 17.3. The Bertz CT molecular complexity index is 582. The third-order valence-corrected chi connectivity index (χ3v) is 4.52. The molecule has 1 N–H and O–H groups in total. The van der Waals surface area contributed by atoms with Gasteiger partial charge in [0.1, 0.15) is 5.60 Å². The Labute approximate surface area is 165 Å². The average molecular weight is 373 g/mol. The van der Waals surface area contributed by atoms with E-state index in [0.717, 1.165) is 32.1 Å². The lowest BCUT2D eigenvalue weighted by molar-refractivity contribution is -0.00203. The molecule has 1 aliphatic heterocycles. The third-order valence-electron chi connectivity index (χ3n) is 4.52. The van der Waals surface area contributed by atoms with E-state index in [1.165, 1.54) is 24.8 Å². The van der Waals surface area contributed by atoms with Crippen LogP contribution in [-0.2, 0) is 4.74 Å². The zero-order valence-corrected chi connectivity index (χ0v) is 17.4. The van der Waals surface area contributed by atoms with Crippen molar-refractivity contribution in [2.24, 2.45) is 5.92 Å². The fraction of sp³-hybridized carbons (Fsp3) is 0.609. The van der Waals surface area contributed by atoms with Gasteiger partial charge in [-0.3, -0.25) is 0 Å². The van der Waals surface area contributed by atoms with Gasteiger partial charge in [0.2, 0.25) is 0 Å². The van der Waals surface area contributed by atoms with Gasteiger partial charge in [0.15, 0.2) is 0 Å². The van der Waals surface area contributed by atoms with Crippen molar-refractivity contribution in [1.29, 1.82) is 0 Å². The standard InChI is InChI=1S/C13H24N2O2.C10H12/c1-13(2,3)17-12(16)15-8-10(9-15)6-7-14-11-4-5-11;1-2-3-7-10-8-5-4-6-9-10/h10-11,14H,4-9H2,1-3H3;3-9H,2H2,1H3/b;7-3-. The van der Waals surface area contributed by atoms with Gasteiger partial charge in [-0.05, 0) is 64.5 Å². The minimum absolute atomic E-state index is 0.163. The first-order chi connectivity index (χ1) is 12.9. The molecule has 0 aromatic heterocycles. The molecule has 3 rings (SSSR count). The number of benzene rings is 1. The van der Waals surface area contributed by atoms with Gasteiger partial charge < -0.3 is 15.0 Å². The molecular formula is C23H36N2O2. The second-order valence-electron chi connectivity index (χ2n) is 8.49. The summed E-state index contributed by atoms with van der Waals surface area (Å²) in [7, 11) is 0. The van der Waals surface area contributed by atoms with Gasteiger partial charge in [-0.25, -0.2) is 4.79 Å². The number of hydrogen-bond acceptors (Lipinski definition) is 3. The summed E-state index contributed by atoms with van der Waals surface area (Å²) in [6.07, 6.45) is 9.10. The molecule has 1 saturated heterocycles. The van der Waals surface area contributed by atoms with Crippen LogP contribution in [0.25, 0.3) is 6.08 Å². The summed E-state index contributed by atoms with van der Waals surface area (Å²) in [5, 5.41) is 3.50. The zero-order chi connectivity index (χ0) is 19.7. The Balaban J connectivity index is 0.000000223. The van der Waals surface area contributed by atoms with E-state index in [9.17, 15) is 4.79 Å². The lowest BCUT2D eigenvalue weighted by atomic mass is 9.97. The van der Waals surface area contributed by atoms with Crippen LogP contribution in [-0.4, -0.2) is 42.3 Å². The molecule has 2 aliphatic rings. The molecule has 0 unspecified atom stereocenters. The minimum Gasteiger partial charge on any atom is -0.444 e. The highest BCUT2D eigenvalue weighted by Crippen LogP contribution is 2.23. The third kappa shape index (κ3) is 9.09. The predicted molar refractivity (Wildman–Crippen MR) is 113 cm³/mol. The summed E-state index contributed by atoms with van der Waals surface area (Å²) >= 11 is 0. The van der Waals surface area contributed by atoms with E-state index in [1.807, 2.05) is 26.8 Å². The molecule has 1 saturated carbocycles. The number of ether oxygens (including phenoxy) is 1. The highest BCUT2D eigenvalue weighted by Gasteiger charge is 2.33. The van der Waals surface area contributed by atoms with Crippen molar-refractivity contribution in [2.45, 2.75) is 65.0 Å². The highest BCUT2D eigenvalue weighted by atomic mass is 16.6. The molecule has 1 aromatic carbocycles. The number of amides is 1. The van der Waals surface area contributed by atoms with Gasteiger partial charge in [0.25, 0.3) is 0 Å². The van der Waals surface area contributed by atoms with Crippen LogP contribution in [0.5, 0.6) is 0 Å². The fourth-order valence-corrected chi connectivity index (χ4v) is 2.83. The summed E-state index contributed by atoms with van der Waals surface area (Å²) in [6, 6.07) is 11.1. The molecule has 2 fully saturated rings. The summed E-state index contributed by atoms with van der Waals surface area (Å²) in [4.78, 5) is 13.5. The number of hydrogen-bond donors (Lipinski definition) is 1. The van der Waals surface area contributed by atoms with E-state index in [2.05, 4.69) is 48.7 Å². The molecule has 0 spiro atoms. The maximum absolute atomic E-state index is 11.7. The first-order valence-electron chi connectivity index (χ1n) is 10.3. The van der Waals surface area contributed by atoms with E-state index in [0.29, 0.717) is 5.92 Å². The smallest absolute Gasteiger partial charge is 0.410 e. The van der Waals surface area contributed by atoms with Gasteiger partial charge in [0.05, 0.1) is 0 Å². The Kier molecular flexibility index (Phi) is 8.36. The molecule has 150 valence electrons. The van der Waals surface area contributed by atoms with Crippen LogP contribution in [0.1, 0.15) is 58.9 Å². The van der Waals surface area contributed by atoms with Crippen LogP contribution in [0.15, 0.2) is 36.4 Å². The van der Waals surface area contributed by atoms with Crippen LogP contribution in [0, 0.1) is 5.92 Å². The second kappa shape index (κ2) is 10.5. The van der Waals surface area contributed by atoms with Crippen molar-refractivity contribution >= 4 is 12.2 Å². The Hall–Kier alpha value is -1.81. The summed E-state index contributed by atoms with van der Waals surface area (Å²) in [6.45, 7) is 10.7. The van der Waals surface area contributed by atoms with E-state index >= 15 is 0 Å². The SMILES string of the molecule is CC(C)(C)OC(=O)N1CC(CCNC2CC2)C1.CC/C=C\c1ccccc1. The van der Waals surface area contributed by atoms with Crippen LogP contribution in [0.2, 0.25) is 0 Å². The van der Waals surface area contributed by atoms with Crippen molar-refractivity contribution < 1.29 is 9.53 Å². The molecule has 4 heteroatoms. The van der Waals surface area contributed by atoms with E-state index in [4.69, 9.17) is 4.74 Å². The average Bonchev–Trinajstić information content (AvgIpc) is 3.39. The predicted octanol–water partition coefficient (Wildman–Crippen LogP) is 5.11. The highest BCUT2D eigenvalue weighted by molar-refractivity contribution is 5.69. The Morgan fingerprint density at radius 3 is 2.44 bits per heavy atom. The number of allylic oxidation sites excluding steroid dienone is 1. The lowest BCUT2D eigenvalue weighted by Crippen LogP contribution is -2.52. The van der Waals surface area contributed by atoms with Crippen molar-refractivity contribution in [1.82, 2.24) is 10.2 Å². The minimum atomic E-state index is -0.379. The van der Waals surface area contributed by atoms with Crippen LogP contribution >= 0.6 is 0 Å². The molecule has 0 radical (unpaired) electrons. The van der Waals surface area contributed by atoms with E-state index in [1.54, 1.807) is 4.90 Å². The molecule has 1 aromatic rings. The quantitative estimate of drug-likeness (QED) is 0.755. The first kappa shape index (κ1) is 21.5. The molecule has 0 bridgehead atoms. The zero-order valence-electron chi connectivity index (χ0n) is 17.4. The van der Waals surface area contributed by atoms with Crippen LogP contribution in [0.4, 0.5) is 4.79 Å². The summed E-state index contributed by atoms with van der Waals surface area (Å²) in [5.74, 6) is 0.661. The largest absolute Gasteiger partial charge is 0.444 e. The van der Waals surface area contributed by atoms with Crippen molar-refractivity contribution in [3.8, 4) is 0 Å². The molecule has 27 heavy (non-hydrogen) atoms. The summed E-state index contributed by atoms with van der Waals surface area (Å²) < 4.78 is 5.31. The second-order valence-corrected chi connectivity index (χ2v) is 8.49. The molecule has 4 nitrogen and oxygen atoms in total. The monoisotopic (exact) mass is 372 g/mol. The van der Waals surface area contributed by atoms with Gasteiger partial charge in [-0.1, -0.05) is 49.4 Å². The number of nitrogens with zero attached hydrogens (tertiary/aromatic N) is 1.